The maximum Gasteiger partial charge on any atom is 0.358 e. The number of carbonyl (C=O) groups excluding carboxylic acids is 2. The number of likely N-dealkylation sites (N-methyl/N-ethyl adjacent to an activating group) is 1. The Morgan fingerprint density at radius 2 is 1.60 bits per heavy atom. The number of aliphatic hydroxyl groups is 2. The molecule has 0 saturated carbocycles. The van der Waals surface area contributed by atoms with E-state index in [0.29, 0.717) is 12.2 Å². The van der Waals surface area contributed by atoms with Crippen LogP contribution in [-0.4, -0.2) is 145 Å². The quantitative estimate of drug-likeness (QED) is 0.186. The van der Waals surface area contributed by atoms with Gasteiger partial charge in [0.1, 0.15) is 29.3 Å². The summed E-state index contributed by atoms with van der Waals surface area (Å²) in [6, 6.07) is 8.81. The zero-order valence-electron chi connectivity index (χ0n) is 37.5. The second-order valence-electron chi connectivity index (χ2n) is 18.0. The molecule has 2 N–H and O–H groups in total. The molecular weight excluding hydrogens is 799 g/mol. The molecule has 4 saturated heterocycles. The zero-order chi connectivity index (χ0) is 44.5. The lowest BCUT2D eigenvalue weighted by Crippen LogP contribution is -2.61. The van der Waals surface area contributed by atoms with Gasteiger partial charge in [0.2, 0.25) is 5.79 Å². The number of fused-ring (bicyclic) bond motifs is 1. The number of benzene rings is 1. The van der Waals surface area contributed by atoms with Crippen LogP contribution in [-0.2, 0) is 52.2 Å². The highest BCUT2D eigenvalue weighted by atomic mass is 32.1. The van der Waals surface area contributed by atoms with E-state index < -0.39 is 89.7 Å². The van der Waals surface area contributed by atoms with Crippen LogP contribution in [0.3, 0.4) is 0 Å². The molecule has 0 amide bonds. The third-order valence-electron chi connectivity index (χ3n) is 13.2. The Kier molecular flexibility index (Phi) is 15.9. The minimum Gasteiger partial charge on any atom is -0.459 e. The van der Waals surface area contributed by atoms with E-state index in [0.717, 1.165) is 0 Å². The van der Waals surface area contributed by atoms with Gasteiger partial charge in [-0.1, -0.05) is 45.9 Å². The van der Waals surface area contributed by atoms with E-state index in [1.165, 1.54) is 14.0 Å². The highest BCUT2D eigenvalue weighted by molar-refractivity contribution is 7.79. The first kappa shape index (κ1) is 48.7. The van der Waals surface area contributed by atoms with Gasteiger partial charge >= 0.3 is 11.2 Å². The molecule has 60 heavy (non-hydrogen) atoms. The summed E-state index contributed by atoms with van der Waals surface area (Å²) in [6.45, 7) is 15.7. The van der Waals surface area contributed by atoms with Crippen LogP contribution in [0.4, 0.5) is 0 Å². The minimum absolute atomic E-state index is 0.110. The zero-order valence-corrected chi connectivity index (χ0v) is 38.3. The number of ketones is 1. The van der Waals surface area contributed by atoms with Crippen molar-refractivity contribution in [2.75, 3.05) is 28.3 Å². The van der Waals surface area contributed by atoms with Gasteiger partial charge in [-0.05, 0) is 80.1 Å². The van der Waals surface area contributed by atoms with Crippen LogP contribution in [0.2, 0.25) is 0 Å². The molecule has 5 rings (SSSR count). The molecule has 4 aliphatic rings. The number of Topliss-reactive ketones (excluding diaryl/α,β-unsaturated/α-hetero) is 1. The summed E-state index contributed by atoms with van der Waals surface area (Å²) in [6.07, 6.45) is -7.33. The maximum absolute atomic E-state index is 14.4. The van der Waals surface area contributed by atoms with E-state index in [9.17, 15) is 19.8 Å². The number of carbonyl (C=O) groups is 2. The van der Waals surface area contributed by atoms with Crippen LogP contribution < -0.4 is 4.74 Å². The molecular formula is C44H69NO14S. The first-order valence-electron chi connectivity index (χ1n) is 21.3. The summed E-state index contributed by atoms with van der Waals surface area (Å²) in [5, 5.41) is 23.2. The van der Waals surface area contributed by atoms with Crippen molar-refractivity contribution in [1.29, 1.82) is 0 Å². The summed E-state index contributed by atoms with van der Waals surface area (Å²) in [5.41, 5.74) is -3.24. The maximum atomic E-state index is 14.4. The van der Waals surface area contributed by atoms with Crippen molar-refractivity contribution in [3.05, 3.63) is 30.3 Å². The molecule has 0 spiro atoms. The van der Waals surface area contributed by atoms with E-state index in [1.807, 2.05) is 64.9 Å². The molecule has 4 fully saturated rings. The predicted octanol–water partition coefficient (Wildman–Crippen LogP) is 4.80. The van der Waals surface area contributed by atoms with E-state index in [-0.39, 0.29) is 54.6 Å². The Labute approximate surface area is 360 Å². The molecule has 1 aromatic carbocycles. The van der Waals surface area contributed by atoms with Gasteiger partial charge in [0.15, 0.2) is 18.7 Å². The van der Waals surface area contributed by atoms with Crippen LogP contribution in [0, 0.1) is 23.7 Å². The van der Waals surface area contributed by atoms with E-state index >= 15 is 0 Å². The van der Waals surface area contributed by atoms with E-state index in [1.54, 1.807) is 46.9 Å². The average Bonchev–Trinajstić information content (AvgIpc) is 3.96. The van der Waals surface area contributed by atoms with Crippen LogP contribution >= 0.6 is 12.2 Å². The topological polar surface area (TPSA) is 173 Å². The molecule has 340 valence electrons. The molecule has 0 aliphatic carbocycles. The fraction of sp³-hybridized carbons (Fsp3) is 0.795. The summed E-state index contributed by atoms with van der Waals surface area (Å²) >= 11 is 5.64. The second kappa shape index (κ2) is 19.6. The van der Waals surface area contributed by atoms with Crippen molar-refractivity contribution in [3.63, 3.8) is 0 Å². The molecule has 4 aliphatic heterocycles. The molecule has 4 heterocycles. The summed E-state index contributed by atoms with van der Waals surface area (Å²) in [7, 11) is 6.98. The molecule has 0 bridgehead atoms. The number of methoxy groups -OCH3 is 2. The first-order chi connectivity index (χ1) is 28.1. The van der Waals surface area contributed by atoms with Crippen LogP contribution in [0.1, 0.15) is 88.0 Å². The van der Waals surface area contributed by atoms with Gasteiger partial charge in [0.25, 0.3) is 0 Å². The number of cyclic esters (lactones) is 1. The Morgan fingerprint density at radius 1 is 0.933 bits per heavy atom. The van der Waals surface area contributed by atoms with Crippen molar-refractivity contribution >= 4 is 29.2 Å². The number of ether oxygens (including phenoxy) is 10. The lowest BCUT2D eigenvalue weighted by atomic mass is 9.74. The standard InChI is InChI=1S/C44H69NO14S/c1-14-31-43(9,49)36(47)25(4)33(46)23(2)21-42(8,50-12)37(26(5)34(27(6)39(48)55-31)56-32-22-44(51-13)38(59-44)28(7)53-32)58-40-35(30(45(10)11)20-24(3)52-40)57-41(60)54-29-18-16-15-17-19-29/h15-19,23-28,30-32,34-38,40,47,49H,14,20-22H2,1-13H3/t23-,24?,25+,26+,27-,28?,30?,31-,32?,34+,35?,36-,37-,38?,40?,42+,43-,44?/m1/s1. The Morgan fingerprint density at radius 3 is 2.20 bits per heavy atom. The van der Waals surface area contributed by atoms with E-state index in [2.05, 4.69) is 0 Å². The summed E-state index contributed by atoms with van der Waals surface area (Å²) in [4.78, 5) is 30.7. The lowest BCUT2D eigenvalue weighted by Gasteiger charge is -2.49. The minimum atomic E-state index is -1.97. The third-order valence-corrected chi connectivity index (χ3v) is 13.4. The Bertz CT molecular complexity index is 1620. The van der Waals surface area contributed by atoms with Crippen molar-refractivity contribution in [2.45, 2.75) is 172 Å². The summed E-state index contributed by atoms with van der Waals surface area (Å²) in [5.74, 6) is -4.86. The molecule has 15 nitrogen and oxygen atoms in total. The number of aliphatic hydroxyl groups excluding tert-OH is 1. The number of nitrogens with zero attached hydrogens (tertiary/aromatic N) is 1. The van der Waals surface area contributed by atoms with Crippen molar-refractivity contribution in [3.8, 4) is 5.75 Å². The molecule has 8 unspecified atom stereocenters. The fourth-order valence-electron chi connectivity index (χ4n) is 9.54. The molecule has 0 radical (unpaired) electrons. The number of hydrogen-bond donors (Lipinski definition) is 2. The van der Waals surface area contributed by atoms with Gasteiger partial charge in [0, 0.05) is 44.2 Å². The van der Waals surface area contributed by atoms with Gasteiger partial charge in [-0.2, -0.15) is 0 Å². The molecule has 0 aromatic heterocycles. The second-order valence-corrected chi connectivity index (χ2v) is 18.3. The van der Waals surface area contributed by atoms with Crippen molar-refractivity contribution < 1.29 is 67.2 Å². The smallest absolute Gasteiger partial charge is 0.358 e. The fourth-order valence-corrected chi connectivity index (χ4v) is 9.75. The van der Waals surface area contributed by atoms with Crippen LogP contribution in [0.5, 0.6) is 5.75 Å². The highest BCUT2D eigenvalue weighted by Gasteiger charge is 2.65. The van der Waals surface area contributed by atoms with E-state index in [4.69, 9.17) is 59.6 Å². The van der Waals surface area contributed by atoms with Gasteiger partial charge < -0.3 is 62.5 Å². The lowest BCUT2D eigenvalue weighted by molar-refractivity contribution is -0.308. The van der Waals surface area contributed by atoms with Gasteiger partial charge in [-0.25, -0.2) is 0 Å². The van der Waals surface area contributed by atoms with Crippen LogP contribution in [0.25, 0.3) is 0 Å². The molecule has 18 atom stereocenters. The monoisotopic (exact) mass is 867 g/mol. The number of thiocarbonyl (C=S) groups is 1. The molecule has 16 heteroatoms. The number of para-hydroxylation sites is 1. The van der Waals surface area contributed by atoms with Crippen LogP contribution in [0.15, 0.2) is 30.3 Å². The van der Waals surface area contributed by atoms with Gasteiger partial charge in [-0.15, -0.1) is 0 Å². The van der Waals surface area contributed by atoms with Crippen molar-refractivity contribution in [2.24, 2.45) is 23.7 Å². The van der Waals surface area contributed by atoms with Gasteiger partial charge in [0.05, 0.1) is 54.5 Å². The normalized spacial score (nSPS) is 44.3. The first-order valence-corrected chi connectivity index (χ1v) is 21.7. The largest absolute Gasteiger partial charge is 0.459 e. The number of esters is 1. The SMILES string of the molecule is CC[C@H]1OC(=O)[C@H](C)[C@@H](OC2CC3(OC)OC3C(C)O2)[C@H](C)[C@@H](OC2OC(C)CC(N(C)C)C2OC(=S)Oc2ccccc2)[C@@](C)(OC)C[C@@H](C)C(=O)[C@H](C)[C@@H](O)[C@]1(C)O. The Balaban J connectivity index is 1.61. The predicted molar refractivity (Wildman–Crippen MR) is 223 cm³/mol. The Hall–Kier alpha value is -2.35. The average molecular weight is 868 g/mol. The van der Waals surface area contributed by atoms with Gasteiger partial charge in [-0.3, -0.25) is 9.59 Å². The van der Waals surface area contributed by atoms with Crippen molar-refractivity contribution in [1.82, 2.24) is 4.90 Å². The highest BCUT2D eigenvalue weighted by Crippen LogP contribution is 2.49. The number of rotatable bonds is 10. The molecule has 1 aromatic rings. The number of epoxide rings is 1. The number of hydrogen-bond acceptors (Lipinski definition) is 16. The summed E-state index contributed by atoms with van der Waals surface area (Å²) < 4.78 is 63.5. The third kappa shape index (κ3) is 10.4.